The van der Waals surface area contributed by atoms with Crippen molar-refractivity contribution in [2.75, 3.05) is 46.5 Å². The molecule has 2 aliphatic heterocycles. The van der Waals surface area contributed by atoms with Crippen LogP contribution in [0.1, 0.15) is 43.5 Å². The molecule has 7 heteroatoms. The lowest BCUT2D eigenvalue weighted by molar-refractivity contribution is -0.140. The van der Waals surface area contributed by atoms with E-state index in [0.29, 0.717) is 37.6 Å². The van der Waals surface area contributed by atoms with Crippen molar-refractivity contribution in [3.05, 3.63) is 70.8 Å². The van der Waals surface area contributed by atoms with Crippen LogP contribution in [0.25, 0.3) is 5.76 Å². The van der Waals surface area contributed by atoms with Crippen LogP contribution in [0.4, 0.5) is 0 Å². The number of ketones is 1. The molecule has 1 N–H and O–H groups in total. The number of rotatable bonds is 6. The van der Waals surface area contributed by atoms with Gasteiger partial charge in [0.1, 0.15) is 11.5 Å². The number of morpholine rings is 1. The second kappa shape index (κ2) is 10.2. The number of methoxy groups -OCH3 is 1. The van der Waals surface area contributed by atoms with Gasteiger partial charge in [-0.05, 0) is 28.7 Å². The van der Waals surface area contributed by atoms with Gasteiger partial charge in [-0.2, -0.15) is 0 Å². The molecule has 186 valence electrons. The number of likely N-dealkylation sites (tertiary alicyclic amines) is 1. The Morgan fingerprint density at radius 2 is 1.74 bits per heavy atom. The standard InChI is InChI=1S/C28H34N2O5/c1-28(2,3)21-10-8-19(9-11-21)24-23(25(31)20-6-5-7-22(18-20)34-4)26(32)27(33)30(24)13-12-29-14-16-35-17-15-29/h5-11,18,24,31H,12-17H2,1-4H3. The van der Waals surface area contributed by atoms with E-state index >= 15 is 0 Å². The van der Waals surface area contributed by atoms with Crippen LogP contribution in [0, 0.1) is 0 Å². The van der Waals surface area contributed by atoms with Crippen LogP contribution < -0.4 is 4.74 Å². The molecule has 0 aliphatic carbocycles. The third-order valence-electron chi connectivity index (χ3n) is 6.74. The number of aliphatic hydroxyl groups excluding tert-OH is 1. The molecule has 2 fully saturated rings. The van der Waals surface area contributed by atoms with Crippen molar-refractivity contribution >= 4 is 17.4 Å². The summed E-state index contributed by atoms with van der Waals surface area (Å²) in [6.07, 6.45) is 0. The molecule has 2 heterocycles. The predicted molar refractivity (Wildman–Crippen MR) is 134 cm³/mol. The van der Waals surface area contributed by atoms with Crippen molar-refractivity contribution in [3.8, 4) is 5.75 Å². The first-order valence-electron chi connectivity index (χ1n) is 12.0. The molecule has 2 saturated heterocycles. The third-order valence-corrected chi connectivity index (χ3v) is 6.74. The van der Waals surface area contributed by atoms with Gasteiger partial charge in [0.05, 0.1) is 31.9 Å². The monoisotopic (exact) mass is 478 g/mol. The SMILES string of the molecule is COc1cccc(C(O)=C2C(=O)C(=O)N(CCN3CCOCC3)C2c2ccc(C(C)(C)C)cc2)c1. The van der Waals surface area contributed by atoms with Gasteiger partial charge in [0, 0.05) is 31.7 Å². The number of hydrogen-bond acceptors (Lipinski definition) is 6. The molecule has 0 bridgehead atoms. The van der Waals surface area contributed by atoms with Gasteiger partial charge in [-0.15, -0.1) is 0 Å². The first-order chi connectivity index (χ1) is 16.7. The van der Waals surface area contributed by atoms with Crippen LogP contribution in [0.2, 0.25) is 0 Å². The zero-order valence-electron chi connectivity index (χ0n) is 20.9. The summed E-state index contributed by atoms with van der Waals surface area (Å²) in [5.74, 6) is -0.896. The largest absolute Gasteiger partial charge is 0.507 e. The summed E-state index contributed by atoms with van der Waals surface area (Å²) in [4.78, 5) is 30.3. The maximum atomic E-state index is 13.3. The van der Waals surface area contributed by atoms with Crippen molar-refractivity contribution < 1.29 is 24.2 Å². The lowest BCUT2D eigenvalue weighted by Crippen LogP contribution is -2.42. The second-order valence-corrected chi connectivity index (χ2v) is 10.1. The normalized spacial score (nSPS) is 20.9. The van der Waals surface area contributed by atoms with E-state index in [1.165, 1.54) is 0 Å². The van der Waals surface area contributed by atoms with E-state index in [4.69, 9.17) is 9.47 Å². The van der Waals surface area contributed by atoms with Crippen LogP contribution in [-0.2, 0) is 19.7 Å². The molecular formula is C28H34N2O5. The Morgan fingerprint density at radius 3 is 2.37 bits per heavy atom. The highest BCUT2D eigenvalue weighted by atomic mass is 16.5. The van der Waals surface area contributed by atoms with E-state index in [0.717, 1.165) is 24.2 Å². The minimum Gasteiger partial charge on any atom is -0.507 e. The summed E-state index contributed by atoms with van der Waals surface area (Å²) >= 11 is 0. The first kappa shape index (κ1) is 24.9. The number of amides is 1. The van der Waals surface area contributed by atoms with Crippen molar-refractivity contribution in [1.29, 1.82) is 0 Å². The summed E-state index contributed by atoms with van der Waals surface area (Å²) in [7, 11) is 1.54. The minimum atomic E-state index is -0.670. The lowest BCUT2D eigenvalue weighted by atomic mass is 9.85. The van der Waals surface area contributed by atoms with Crippen LogP contribution in [0.5, 0.6) is 5.75 Å². The molecule has 7 nitrogen and oxygen atoms in total. The van der Waals surface area contributed by atoms with Gasteiger partial charge in [0.2, 0.25) is 0 Å². The molecule has 4 rings (SSSR count). The number of hydrogen-bond donors (Lipinski definition) is 1. The fraction of sp³-hybridized carbons (Fsp3) is 0.429. The quantitative estimate of drug-likeness (QED) is 0.387. The van der Waals surface area contributed by atoms with Gasteiger partial charge in [0.15, 0.2) is 0 Å². The average Bonchev–Trinajstić information content (AvgIpc) is 3.12. The Labute approximate surface area is 206 Å². The van der Waals surface area contributed by atoms with Gasteiger partial charge in [-0.1, -0.05) is 57.2 Å². The molecule has 0 spiro atoms. The lowest BCUT2D eigenvalue weighted by Gasteiger charge is -2.31. The fourth-order valence-electron chi connectivity index (χ4n) is 4.62. The highest BCUT2D eigenvalue weighted by Gasteiger charge is 2.46. The van der Waals surface area contributed by atoms with Crippen LogP contribution in [0.3, 0.4) is 0 Å². The molecule has 1 amide bonds. The summed E-state index contributed by atoms with van der Waals surface area (Å²) in [6.45, 7) is 10.3. The summed E-state index contributed by atoms with van der Waals surface area (Å²) in [6, 6.07) is 14.2. The highest BCUT2D eigenvalue weighted by Crippen LogP contribution is 2.40. The van der Waals surface area contributed by atoms with E-state index < -0.39 is 17.7 Å². The molecule has 35 heavy (non-hydrogen) atoms. The molecule has 0 radical (unpaired) electrons. The van der Waals surface area contributed by atoms with Gasteiger partial charge in [0.25, 0.3) is 11.7 Å². The van der Waals surface area contributed by atoms with E-state index in [1.807, 2.05) is 24.3 Å². The number of nitrogens with zero attached hydrogens (tertiary/aromatic N) is 2. The Bertz CT molecular complexity index is 1110. The van der Waals surface area contributed by atoms with E-state index in [9.17, 15) is 14.7 Å². The van der Waals surface area contributed by atoms with Crippen molar-refractivity contribution in [1.82, 2.24) is 9.80 Å². The van der Waals surface area contributed by atoms with Crippen LogP contribution in [-0.4, -0.2) is 73.1 Å². The van der Waals surface area contributed by atoms with Crippen LogP contribution >= 0.6 is 0 Å². The smallest absolute Gasteiger partial charge is 0.295 e. The average molecular weight is 479 g/mol. The zero-order valence-corrected chi connectivity index (χ0v) is 20.9. The van der Waals surface area contributed by atoms with E-state index in [1.54, 1.807) is 36.3 Å². The molecular weight excluding hydrogens is 444 g/mol. The van der Waals surface area contributed by atoms with E-state index in [2.05, 4.69) is 25.7 Å². The van der Waals surface area contributed by atoms with Gasteiger partial charge < -0.3 is 19.5 Å². The molecule has 2 aromatic rings. The second-order valence-electron chi connectivity index (χ2n) is 10.1. The van der Waals surface area contributed by atoms with Crippen LogP contribution in [0.15, 0.2) is 54.1 Å². The Kier molecular flexibility index (Phi) is 7.28. The molecule has 1 atom stereocenters. The van der Waals surface area contributed by atoms with E-state index in [-0.39, 0.29) is 16.7 Å². The van der Waals surface area contributed by atoms with Gasteiger partial charge >= 0.3 is 0 Å². The summed E-state index contributed by atoms with van der Waals surface area (Å²) < 4.78 is 10.7. The van der Waals surface area contributed by atoms with Crippen molar-refractivity contribution in [3.63, 3.8) is 0 Å². The number of benzene rings is 2. The molecule has 0 aromatic heterocycles. The van der Waals surface area contributed by atoms with Gasteiger partial charge in [-0.3, -0.25) is 14.5 Å². The highest BCUT2D eigenvalue weighted by molar-refractivity contribution is 6.46. The van der Waals surface area contributed by atoms with Crippen molar-refractivity contribution in [2.24, 2.45) is 0 Å². The minimum absolute atomic E-state index is 0.0305. The number of aliphatic hydroxyl groups is 1. The Hall–Kier alpha value is -3.16. The maximum Gasteiger partial charge on any atom is 0.295 e. The van der Waals surface area contributed by atoms with Gasteiger partial charge in [-0.25, -0.2) is 0 Å². The summed E-state index contributed by atoms with van der Waals surface area (Å²) in [5, 5.41) is 11.3. The fourth-order valence-corrected chi connectivity index (χ4v) is 4.62. The molecule has 0 saturated carbocycles. The molecule has 2 aliphatic rings. The Balaban J connectivity index is 1.75. The first-order valence-corrected chi connectivity index (χ1v) is 12.0. The molecule has 2 aromatic carbocycles. The predicted octanol–water partition coefficient (Wildman–Crippen LogP) is 3.75. The number of carbonyl (C=O) groups excluding carboxylic acids is 2. The zero-order chi connectivity index (χ0) is 25.2. The number of Topliss-reactive ketones (excluding diaryl/α,β-unsaturated/α-hetero) is 1. The third kappa shape index (κ3) is 5.26. The number of carbonyl (C=O) groups is 2. The van der Waals surface area contributed by atoms with Crippen molar-refractivity contribution in [2.45, 2.75) is 32.2 Å². The summed E-state index contributed by atoms with van der Waals surface area (Å²) in [5.41, 5.74) is 2.46. The Morgan fingerprint density at radius 1 is 1.06 bits per heavy atom. The topological polar surface area (TPSA) is 79.3 Å². The number of ether oxygens (including phenoxy) is 2. The molecule has 1 unspecified atom stereocenters. The maximum absolute atomic E-state index is 13.3.